The first-order chi connectivity index (χ1) is 7.83. The molecule has 3 nitrogen and oxygen atoms in total. The number of nitriles is 1. The SMILES string of the molecule is Cc1c2ccoc2c(CC#N)c2ccoc12. The Morgan fingerprint density at radius 3 is 2.56 bits per heavy atom. The summed E-state index contributed by atoms with van der Waals surface area (Å²) in [5.74, 6) is 0. The fraction of sp³-hybridized carbons (Fsp3) is 0.154. The highest BCUT2D eigenvalue weighted by molar-refractivity contribution is 6.01. The Kier molecular flexibility index (Phi) is 1.78. The maximum absolute atomic E-state index is 8.86. The number of hydrogen-bond donors (Lipinski definition) is 0. The molecule has 0 atom stereocenters. The minimum absolute atomic E-state index is 0.334. The second kappa shape index (κ2) is 3.14. The maximum Gasteiger partial charge on any atom is 0.139 e. The van der Waals surface area contributed by atoms with E-state index in [9.17, 15) is 0 Å². The van der Waals surface area contributed by atoms with E-state index >= 15 is 0 Å². The van der Waals surface area contributed by atoms with Crippen LogP contribution in [-0.2, 0) is 6.42 Å². The summed E-state index contributed by atoms with van der Waals surface area (Å²) in [7, 11) is 0. The van der Waals surface area contributed by atoms with Crippen molar-refractivity contribution in [3.63, 3.8) is 0 Å². The van der Waals surface area contributed by atoms with Crippen molar-refractivity contribution in [1.82, 2.24) is 0 Å². The van der Waals surface area contributed by atoms with Crippen LogP contribution < -0.4 is 0 Å². The smallest absolute Gasteiger partial charge is 0.139 e. The number of benzene rings is 1. The molecule has 3 heteroatoms. The summed E-state index contributed by atoms with van der Waals surface area (Å²) in [6, 6.07) is 5.96. The molecule has 3 rings (SSSR count). The molecule has 0 aliphatic rings. The summed E-state index contributed by atoms with van der Waals surface area (Å²) in [4.78, 5) is 0. The van der Waals surface area contributed by atoms with Crippen LogP contribution in [0.1, 0.15) is 11.1 Å². The first-order valence-corrected chi connectivity index (χ1v) is 5.05. The standard InChI is InChI=1S/C13H9NO2/c1-8-9-3-6-16-13(9)10(2-5-14)11-4-7-15-12(8)11/h3-4,6-7H,2H2,1H3. The Morgan fingerprint density at radius 1 is 1.12 bits per heavy atom. The highest BCUT2D eigenvalue weighted by Gasteiger charge is 2.15. The Hall–Kier alpha value is -2.21. The molecule has 16 heavy (non-hydrogen) atoms. The Bertz CT molecular complexity index is 661. The van der Waals surface area contributed by atoms with Crippen LogP contribution in [0.25, 0.3) is 21.9 Å². The Morgan fingerprint density at radius 2 is 1.81 bits per heavy atom. The van der Waals surface area contributed by atoms with Crippen molar-refractivity contribution in [2.45, 2.75) is 13.3 Å². The van der Waals surface area contributed by atoms with Crippen molar-refractivity contribution in [3.05, 3.63) is 35.8 Å². The summed E-state index contributed by atoms with van der Waals surface area (Å²) in [6.45, 7) is 2.00. The van der Waals surface area contributed by atoms with Crippen LogP contribution in [0.15, 0.2) is 33.5 Å². The molecule has 0 radical (unpaired) electrons. The molecule has 0 saturated carbocycles. The van der Waals surface area contributed by atoms with E-state index in [0.717, 1.165) is 33.1 Å². The van der Waals surface area contributed by atoms with Crippen LogP contribution in [-0.4, -0.2) is 0 Å². The lowest BCUT2D eigenvalue weighted by molar-refractivity contribution is 0.608. The van der Waals surface area contributed by atoms with Gasteiger partial charge in [-0.1, -0.05) is 0 Å². The minimum Gasteiger partial charge on any atom is -0.464 e. The van der Waals surface area contributed by atoms with E-state index in [0.29, 0.717) is 6.42 Å². The van der Waals surface area contributed by atoms with Gasteiger partial charge in [0.1, 0.15) is 11.2 Å². The van der Waals surface area contributed by atoms with E-state index in [1.54, 1.807) is 12.5 Å². The normalized spacial score (nSPS) is 11.0. The van der Waals surface area contributed by atoms with Gasteiger partial charge in [-0.3, -0.25) is 0 Å². The number of rotatable bonds is 1. The zero-order chi connectivity index (χ0) is 11.1. The number of fused-ring (bicyclic) bond motifs is 2. The highest BCUT2D eigenvalue weighted by Crippen LogP contribution is 2.33. The quantitative estimate of drug-likeness (QED) is 0.618. The summed E-state index contributed by atoms with van der Waals surface area (Å²) in [6.07, 6.45) is 3.63. The molecule has 0 amide bonds. The van der Waals surface area contributed by atoms with Gasteiger partial charge in [0.2, 0.25) is 0 Å². The minimum atomic E-state index is 0.334. The molecule has 0 aliphatic carbocycles. The van der Waals surface area contributed by atoms with Gasteiger partial charge in [0, 0.05) is 21.9 Å². The zero-order valence-corrected chi connectivity index (χ0v) is 8.78. The fourth-order valence-corrected chi connectivity index (χ4v) is 2.17. The third kappa shape index (κ3) is 1.01. The lowest BCUT2D eigenvalue weighted by atomic mass is 10.0. The second-order valence-corrected chi connectivity index (χ2v) is 3.77. The number of furan rings is 2. The summed E-state index contributed by atoms with van der Waals surface area (Å²) >= 11 is 0. The van der Waals surface area contributed by atoms with Crippen LogP contribution >= 0.6 is 0 Å². The molecule has 0 saturated heterocycles. The van der Waals surface area contributed by atoms with Crippen molar-refractivity contribution in [2.75, 3.05) is 0 Å². The van der Waals surface area contributed by atoms with E-state index in [4.69, 9.17) is 14.1 Å². The van der Waals surface area contributed by atoms with Gasteiger partial charge in [0.25, 0.3) is 0 Å². The molecule has 0 aliphatic heterocycles. The monoisotopic (exact) mass is 211 g/mol. The summed E-state index contributed by atoms with van der Waals surface area (Å²) in [5, 5.41) is 10.9. The van der Waals surface area contributed by atoms with Crippen molar-refractivity contribution in [1.29, 1.82) is 5.26 Å². The molecule has 0 fully saturated rings. The lowest BCUT2D eigenvalue weighted by Gasteiger charge is -2.03. The van der Waals surface area contributed by atoms with E-state index < -0.39 is 0 Å². The zero-order valence-electron chi connectivity index (χ0n) is 8.78. The van der Waals surface area contributed by atoms with Crippen LogP contribution in [0.2, 0.25) is 0 Å². The second-order valence-electron chi connectivity index (χ2n) is 3.77. The molecule has 2 heterocycles. The van der Waals surface area contributed by atoms with Gasteiger partial charge >= 0.3 is 0 Å². The van der Waals surface area contributed by atoms with Gasteiger partial charge in [-0.25, -0.2) is 0 Å². The first-order valence-electron chi connectivity index (χ1n) is 5.05. The Balaban J connectivity index is 2.57. The molecule has 0 spiro atoms. The average Bonchev–Trinajstić information content (AvgIpc) is 2.92. The largest absolute Gasteiger partial charge is 0.464 e. The highest BCUT2D eigenvalue weighted by atomic mass is 16.3. The maximum atomic E-state index is 8.86. The average molecular weight is 211 g/mol. The van der Waals surface area contributed by atoms with Gasteiger partial charge < -0.3 is 8.83 Å². The summed E-state index contributed by atoms with van der Waals surface area (Å²) in [5.41, 5.74) is 3.62. The van der Waals surface area contributed by atoms with Crippen LogP contribution in [0, 0.1) is 18.3 Å². The van der Waals surface area contributed by atoms with Crippen molar-refractivity contribution < 1.29 is 8.83 Å². The van der Waals surface area contributed by atoms with E-state index in [2.05, 4.69) is 6.07 Å². The van der Waals surface area contributed by atoms with Crippen LogP contribution in [0.4, 0.5) is 0 Å². The molecule has 2 aromatic heterocycles. The van der Waals surface area contributed by atoms with Crippen LogP contribution in [0.3, 0.4) is 0 Å². The predicted molar refractivity (Wildman–Crippen MR) is 60.0 cm³/mol. The van der Waals surface area contributed by atoms with Crippen molar-refractivity contribution >= 4 is 21.9 Å². The van der Waals surface area contributed by atoms with Crippen molar-refractivity contribution in [3.8, 4) is 6.07 Å². The van der Waals surface area contributed by atoms with E-state index in [1.807, 2.05) is 19.1 Å². The molecular weight excluding hydrogens is 202 g/mol. The third-order valence-electron chi connectivity index (χ3n) is 2.93. The molecule has 78 valence electrons. The summed E-state index contributed by atoms with van der Waals surface area (Å²) < 4.78 is 10.9. The molecule has 0 N–H and O–H groups in total. The molecular formula is C13H9NO2. The molecule has 1 aromatic carbocycles. The van der Waals surface area contributed by atoms with Gasteiger partial charge in [0.15, 0.2) is 0 Å². The first kappa shape index (κ1) is 9.05. The predicted octanol–water partition coefficient (Wildman–Crippen LogP) is 3.55. The molecule has 0 bridgehead atoms. The Labute approximate surface area is 91.9 Å². The number of nitrogens with zero attached hydrogens (tertiary/aromatic N) is 1. The van der Waals surface area contributed by atoms with Gasteiger partial charge in [0.05, 0.1) is 25.0 Å². The topological polar surface area (TPSA) is 50.1 Å². The molecule has 3 aromatic rings. The number of hydrogen-bond acceptors (Lipinski definition) is 3. The fourth-order valence-electron chi connectivity index (χ4n) is 2.17. The van der Waals surface area contributed by atoms with Crippen molar-refractivity contribution in [2.24, 2.45) is 0 Å². The van der Waals surface area contributed by atoms with Gasteiger partial charge in [-0.2, -0.15) is 5.26 Å². The van der Waals surface area contributed by atoms with Crippen LogP contribution in [0.5, 0.6) is 0 Å². The number of aryl methyl sites for hydroxylation is 1. The third-order valence-corrected chi connectivity index (χ3v) is 2.93. The van der Waals surface area contributed by atoms with E-state index in [1.165, 1.54) is 0 Å². The van der Waals surface area contributed by atoms with Gasteiger partial charge in [-0.05, 0) is 19.1 Å². The lowest BCUT2D eigenvalue weighted by Crippen LogP contribution is -1.87. The van der Waals surface area contributed by atoms with E-state index in [-0.39, 0.29) is 0 Å². The van der Waals surface area contributed by atoms with Gasteiger partial charge in [-0.15, -0.1) is 0 Å². The molecule has 0 unspecified atom stereocenters.